The van der Waals surface area contributed by atoms with Crippen molar-refractivity contribution in [3.8, 4) is 12.3 Å². The van der Waals surface area contributed by atoms with Crippen LogP contribution in [0.25, 0.3) is 0 Å². The zero-order chi connectivity index (χ0) is 17.2. The van der Waals surface area contributed by atoms with Crippen LogP contribution in [0.5, 0.6) is 0 Å². The van der Waals surface area contributed by atoms with Crippen LogP contribution in [0.4, 0.5) is 10.5 Å². The summed E-state index contributed by atoms with van der Waals surface area (Å²) in [6, 6.07) is 4.88. The number of carboxylic acids is 1. The Kier molecular flexibility index (Phi) is 7.14. The average Bonchev–Trinajstić information content (AvgIpc) is 2.52. The Morgan fingerprint density at radius 2 is 1.96 bits per heavy atom. The zero-order valence-corrected chi connectivity index (χ0v) is 12.7. The largest absolute Gasteiger partial charge is 0.481 e. The summed E-state index contributed by atoms with van der Waals surface area (Å²) in [5, 5.41) is 13.6. The topological polar surface area (TPSA) is 105 Å². The third-order valence-electron chi connectivity index (χ3n) is 2.83. The highest BCUT2D eigenvalue weighted by molar-refractivity contribution is 5.92. The Balaban J connectivity index is 2.65. The molecule has 0 aliphatic carbocycles. The lowest BCUT2D eigenvalue weighted by Gasteiger charge is -2.17. The monoisotopic (exact) mass is 318 g/mol. The number of esters is 1. The van der Waals surface area contributed by atoms with Gasteiger partial charge in [-0.2, -0.15) is 0 Å². The van der Waals surface area contributed by atoms with Gasteiger partial charge >= 0.3 is 18.0 Å². The van der Waals surface area contributed by atoms with E-state index in [0.717, 1.165) is 0 Å². The Labute approximate surface area is 134 Å². The van der Waals surface area contributed by atoms with Gasteiger partial charge < -0.3 is 20.5 Å². The molecule has 3 N–H and O–H groups in total. The van der Waals surface area contributed by atoms with Gasteiger partial charge in [-0.15, -0.1) is 6.42 Å². The first-order valence-corrected chi connectivity index (χ1v) is 6.99. The van der Waals surface area contributed by atoms with Crippen molar-refractivity contribution in [1.29, 1.82) is 0 Å². The Morgan fingerprint density at radius 1 is 1.30 bits per heavy atom. The third kappa shape index (κ3) is 6.52. The number of urea groups is 1. The molecule has 1 aromatic rings. The number of rotatable bonds is 7. The van der Waals surface area contributed by atoms with E-state index in [-0.39, 0.29) is 19.4 Å². The number of ether oxygens (including phenoxy) is 1. The van der Waals surface area contributed by atoms with Gasteiger partial charge in [0.1, 0.15) is 6.04 Å². The Bertz CT molecular complexity index is 604. The fourth-order valence-corrected chi connectivity index (χ4v) is 1.73. The minimum absolute atomic E-state index is 0.0579. The van der Waals surface area contributed by atoms with E-state index in [9.17, 15) is 14.4 Å². The molecule has 0 fully saturated rings. The number of amides is 2. The van der Waals surface area contributed by atoms with Crippen LogP contribution < -0.4 is 10.6 Å². The molecule has 0 spiro atoms. The molecule has 0 bridgehead atoms. The zero-order valence-electron chi connectivity index (χ0n) is 12.7. The molecule has 2 amide bonds. The van der Waals surface area contributed by atoms with Crippen LogP contribution in [0, 0.1) is 12.3 Å². The number of carbonyl (C=O) groups excluding carboxylic acids is 2. The smallest absolute Gasteiger partial charge is 0.328 e. The minimum Gasteiger partial charge on any atom is -0.481 e. The predicted octanol–water partition coefficient (Wildman–Crippen LogP) is 1.59. The molecule has 1 rings (SSSR count). The van der Waals surface area contributed by atoms with Crippen molar-refractivity contribution in [3.05, 3.63) is 29.8 Å². The van der Waals surface area contributed by atoms with Crippen LogP contribution in [0.2, 0.25) is 0 Å². The maximum Gasteiger partial charge on any atom is 0.328 e. The van der Waals surface area contributed by atoms with Gasteiger partial charge in [0, 0.05) is 17.7 Å². The molecule has 7 heteroatoms. The normalized spacial score (nSPS) is 11.0. The van der Waals surface area contributed by atoms with Crippen molar-refractivity contribution in [2.45, 2.75) is 25.8 Å². The van der Waals surface area contributed by atoms with Crippen LogP contribution in [0.3, 0.4) is 0 Å². The van der Waals surface area contributed by atoms with E-state index in [2.05, 4.69) is 16.6 Å². The highest BCUT2D eigenvalue weighted by Crippen LogP contribution is 2.09. The van der Waals surface area contributed by atoms with E-state index < -0.39 is 24.0 Å². The van der Waals surface area contributed by atoms with Gasteiger partial charge in [-0.05, 0) is 37.6 Å². The molecule has 1 atom stereocenters. The quantitative estimate of drug-likeness (QED) is 0.523. The second-order valence-corrected chi connectivity index (χ2v) is 4.56. The maximum atomic E-state index is 11.9. The summed E-state index contributed by atoms with van der Waals surface area (Å²) in [7, 11) is 0. The highest BCUT2D eigenvalue weighted by Gasteiger charge is 2.22. The molecule has 0 aliphatic heterocycles. The summed E-state index contributed by atoms with van der Waals surface area (Å²) < 4.78 is 4.82. The fraction of sp³-hybridized carbons (Fsp3) is 0.312. The summed E-state index contributed by atoms with van der Waals surface area (Å²) >= 11 is 0. The molecule has 1 aromatic carbocycles. The second kappa shape index (κ2) is 9.10. The summed E-state index contributed by atoms with van der Waals surface area (Å²) in [5.41, 5.74) is 1.16. The third-order valence-corrected chi connectivity index (χ3v) is 2.83. The Morgan fingerprint density at radius 3 is 2.48 bits per heavy atom. The van der Waals surface area contributed by atoms with E-state index in [4.69, 9.17) is 16.3 Å². The molecule has 0 saturated heterocycles. The molecule has 122 valence electrons. The van der Waals surface area contributed by atoms with Gasteiger partial charge in [0.15, 0.2) is 0 Å². The van der Waals surface area contributed by atoms with Crippen LogP contribution in [-0.2, 0) is 14.3 Å². The SMILES string of the molecule is C#Cc1ccc(NC(=O)N[C@@H](CCC(=O)O)C(=O)OCC)cc1. The summed E-state index contributed by atoms with van der Waals surface area (Å²) in [6.07, 6.45) is 4.92. The summed E-state index contributed by atoms with van der Waals surface area (Å²) in [4.78, 5) is 34.3. The molecule has 0 saturated carbocycles. The maximum absolute atomic E-state index is 11.9. The van der Waals surface area contributed by atoms with Crippen LogP contribution in [-0.4, -0.2) is 35.7 Å². The summed E-state index contributed by atoms with van der Waals surface area (Å²) in [5.74, 6) is 0.713. The number of benzene rings is 1. The minimum atomic E-state index is -1.06. The first-order chi connectivity index (χ1) is 11.0. The molecule has 23 heavy (non-hydrogen) atoms. The van der Waals surface area contributed by atoms with Gasteiger partial charge in [-0.3, -0.25) is 4.79 Å². The number of carbonyl (C=O) groups is 3. The second-order valence-electron chi connectivity index (χ2n) is 4.56. The first kappa shape index (κ1) is 18.0. The molecular formula is C16H18N2O5. The molecule has 0 unspecified atom stereocenters. The van der Waals surface area contributed by atoms with E-state index in [0.29, 0.717) is 11.3 Å². The van der Waals surface area contributed by atoms with Crippen molar-refractivity contribution in [3.63, 3.8) is 0 Å². The lowest BCUT2D eigenvalue weighted by Crippen LogP contribution is -2.44. The number of carboxylic acid groups (broad SMARTS) is 1. The van der Waals surface area contributed by atoms with Crippen molar-refractivity contribution < 1.29 is 24.2 Å². The molecule has 0 aliphatic rings. The molecule has 0 heterocycles. The van der Waals surface area contributed by atoms with E-state index in [1.165, 1.54) is 0 Å². The van der Waals surface area contributed by atoms with Crippen LogP contribution >= 0.6 is 0 Å². The lowest BCUT2D eigenvalue weighted by atomic mass is 10.1. The van der Waals surface area contributed by atoms with Crippen molar-refractivity contribution >= 4 is 23.7 Å². The number of terminal acetylenes is 1. The number of hydrogen-bond acceptors (Lipinski definition) is 4. The van der Waals surface area contributed by atoms with E-state index in [1.807, 2.05) is 0 Å². The highest BCUT2D eigenvalue weighted by atomic mass is 16.5. The molecule has 0 aromatic heterocycles. The van der Waals surface area contributed by atoms with Crippen molar-refractivity contribution in [2.75, 3.05) is 11.9 Å². The fourth-order valence-electron chi connectivity index (χ4n) is 1.73. The predicted molar refractivity (Wildman–Crippen MR) is 83.8 cm³/mol. The first-order valence-electron chi connectivity index (χ1n) is 6.99. The van der Waals surface area contributed by atoms with Gasteiger partial charge in [0.2, 0.25) is 0 Å². The number of hydrogen-bond donors (Lipinski definition) is 3. The number of anilines is 1. The van der Waals surface area contributed by atoms with Gasteiger partial charge in [0.25, 0.3) is 0 Å². The summed E-state index contributed by atoms with van der Waals surface area (Å²) in [6.45, 7) is 1.76. The number of nitrogens with one attached hydrogen (secondary N) is 2. The van der Waals surface area contributed by atoms with E-state index >= 15 is 0 Å². The average molecular weight is 318 g/mol. The van der Waals surface area contributed by atoms with Crippen molar-refractivity contribution in [1.82, 2.24) is 5.32 Å². The molecule has 7 nitrogen and oxygen atoms in total. The van der Waals surface area contributed by atoms with Crippen LogP contribution in [0.1, 0.15) is 25.3 Å². The molecule has 0 radical (unpaired) electrons. The van der Waals surface area contributed by atoms with Crippen molar-refractivity contribution in [2.24, 2.45) is 0 Å². The number of aliphatic carboxylic acids is 1. The van der Waals surface area contributed by atoms with Gasteiger partial charge in [0.05, 0.1) is 6.61 Å². The van der Waals surface area contributed by atoms with Crippen LogP contribution in [0.15, 0.2) is 24.3 Å². The van der Waals surface area contributed by atoms with Gasteiger partial charge in [-0.1, -0.05) is 5.92 Å². The standard InChI is InChI=1S/C16H18N2O5/c1-3-11-5-7-12(8-6-11)17-16(22)18-13(9-10-14(19)20)15(21)23-4-2/h1,5-8,13H,4,9-10H2,2H3,(H,19,20)(H2,17,18,22)/t13-/m0/s1. The Hall–Kier alpha value is -3.01. The molecular weight excluding hydrogens is 300 g/mol. The lowest BCUT2D eigenvalue weighted by molar-refractivity contribution is -0.145. The van der Waals surface area contributed by atoms with E-state index in [1.54, 1.807) is 31.2 Å². The van der Waals surface area contributed by atoms with Gasteiger partial charge in [-0.25, -0.2) is 9.59 Å².